The Morgan fingerprint density at radius 1 is 0.892 bits per heavy atom. The van der Waals surface area contributed by atoms with E-state index in [4.69, 9.17) is 18.9 Å². The van der Waals surface area contributed by atoms with E-state index >= 15 is 0 Å². The van der Waals surface area contributed by atoms with Crippen molar-refractivity contribution < 1.29 is 37.2 Å². The van der Waals surface area contributed by atoms with Gasteiger partial charge < -0.3 is 24.1 Å². The number of fused-ring (bicyclic) bond motifs is 5. The lowest BCUT2D eigenvalue weighted by Gasteiger charge is -2.63. The maximum atomic E-state index is 12.7. The fourth-order valence-electron chi connectivity index (χ4n) is 9.41. The summed E-state index contributed by atoms with van der Waals surface area (Å²) < 4.78 is 61.1. The van der Waals surface area contributed by atoms with Crippen LogP contribution in [0.25, 0.3) is 0 Å². The van der Waals surface area contributed by atoms with Crippen LogP contribution in [0.15, 0.2) is 12.2 Å². The van der Waals surface area contributed by atoms with Crippen LogP contribution in [0.3, 0.4) is 0 Å². The average Bonchev–Trinajstić information content (AvgIpc) is 3.21. The van der Waals surface area contributed by atoms with Crippen LogP contribution in [0.4, 0.5) is 13.2 Å². The molecule has 4 rings (SSSR count). The van der Waals surface area contributed by atoms with E-state index in [0.29, 0.717) is 30.5 Å². The molecule has 0 radical (unpaired) electrons. The molecule has 0 bridgehead atoms. The van der Waals surface area contributed by atoms with Crippen LogP contribution in [0.1, 0.15) is 72.1 Å². The third kappa shape index (κ3) is 5.79. The molecule has 0 aliphatic heterocycles. The Hall–Kier alpha value is -0.670. The van der Waals surface area contributed by atoms with Crippen molar-refractivity contribution in [3.8, 4) is 0 Å². The van der Waals surface area contributed by atoms with E-state index in [1.165, 1.54) is 0 Å². The molecule has 37 heavy (non-hydrogen) atoms. The zero-order valence-corrected chi connectivity index (χ0v) is 23.1. The smallest absolute Gasteiger partial charge is 0.389 e. The normalized spacial score (nSPS) is 43.8. The molecule has 5 nitrogen and oxygen atoms in total. The molecule has 0 spiro atoms. The highest BCUT2D eigenvalue weighted by molar-refractivity contribution is 5.12. The zero-order valence-electron chi connectivity index (χ0n) is 23.1. The van der Waals surface area contributed by atoms with Gasteiger partial charge >= 0.3 is 6.18 Å². The average molecular weight is 533 g/mol. The summed E-state index contributed by atoms with van der Waals surface area (Å²) in [4.78, 5) is 0. The minimum Gasteiger partial charge on any atom is -0.389 e. The topological polar surface area (TPSA) is 57.2 Å². The van der Waals surface area contributed by atoms with Gasteiger partial charge in [0, 0.05) is 20.3 Å². The fraction of sp³-hybridized carbons (Fsp3) is 0.931. The van der Waals surface area contributed by atoms with E-state index in [1.54, 1.807) is 14.2 Å². The van der Waals surface area contributed by atoms with Crippen molar-refractivity contribution in [3.05, 3.63) is 12.2 Å². The molecule has 0 heterocycles. The van der Waals surface area contributed by atoms with Gasteiger partial charge in [-0.25, -0.2) is 0 Å². The number of hydrogen-bond donors (Lipinski definition) is 1. The molecule has 1 N–H and O–H groups in total. The summed E-state index contributed by atoms with van der Waals surface area (Å²) in [7, 11) is 3.32. The van der Waals surface area contributed by atoms with Crippen molar-refractivity contribution in [3.63, 3.8) is 0 Å². The molecule has 0 aromatic carbocycles. The molecule has 0 unspecified atom stereocenters. The summed E-state index contributed by atoms with van der Waals surface area (Å²) in [6, 6.07) is 0. The quantitative estimate of drug-likeness (QED) is 0.277. The molecule has 11 atom stereocenters. The monoisotopic (exact) mass is 532 g/mol. The first-order valence-corrected chi connectivity index (χ1v) is 14.1. The van der Waals surface area contributed by atoms with Crippen molar-refractivity contribution >= 4 is 0 Å². The number of rotatable bonds is 9. The molecule has 0 aromatic rings. The zero-order chi connectivity index (χ0) is 27.0. The maximum Gasteiger partial charge on any atom is 0.409 e. The van der Waals surface area contributed by atoms with Gasteiger partial charge in [-0.05, 0) is 97.7 Å². The summed E-state index contributed by atoms with van der Waals surface area (Å²) >= 11 is 0. The fourth-order valence-corrected chi connectivity index (χ4v) is 9.41. The van der Waals surface area contributed by atoms with Gasteiger partial charge in [-0.1, -0.05) is 26.8 Å². The van der Waals surface area contributed by atoms with Crippen molar-refractivity contribution in [2.24, 2.45) is 46.3 Å². The first-order valence-electron chi connectivity index (χ1n) is 14.1. The van der Waals surface area contributed by atoms with Gasteiger partial charge in [-0.2, -0.15) is 13.2 Å². The predicted molar refractivity (Wildman–Crippen MR) is 134 cm³/mol. The van der Waals surface area contributed by atoms with Crippen molar-refractivity contribution in [2.45, 2.75) is 96.6 Å². The molecule has 4 aliphatic carbocycles. The molecular weight excluding hydrogens is 485 g/mol. The highest BCUT2D eigenvalue weighted by Gasteiger charge is 2.63. The van der Waals surface area contributed by atoms with Gasteiger partial charge in [-0.3, -0.25) is 0 Å². The molecule has 8 heteroatoms. The van der Waals surface area contributed by atoms with E-state index < -0.39 is 12.3 Å². The Morgan fingerprint density at radius 2 is 1.54 bits per heavy atom. The standard InChI is InChI=1S/C29H47F3O5/c1-18(25(33)10-13-29(30,31)32)21-6-7-22-20-15-26(37-17-35-5)24-14-19(36-16-34-4)8-11-28(24,3)23(20)9-12-27(21,22)2/h10,13,18-26,33H,6-9,11-12,14-17H2,1-5H3/b13-10+/t18-,19+,20-,21+,22-,23-,24-,25+,26-,27+,28+/m0/s1. The van der Waals surface area contributed by atoms with Crippen molar-refractivity contribution in [2.75, 3.05) is 27.8 Å². The number of methoxy groups -OCH3 is 2. The van der Waals surface area contributed by atoms with E-state index in [-0.39, 0.29) is 47.7 Å². The lowest BCUT2D eigenvalue weighted by Crippen LogP contribution is -2.59. The molecule has 4 saturated carbocycles. The number of ether oxygens (including phenoxy) is 4. The Balaban J connectivity index is 1.54. The third-order valence-electron chi connectivity index (χ3n) is 11.2. The minimum atomic E-state index is -4.40. The second-order valence-corrected chi connectivity index (χ2v) is 12.8. The number of aliphatic hydroxyl groups excluding tert-OH is 1. The van der Waals surface area contributed by atoms with E-state index in [9.17, 15) is 18.3 Å². The molecular formula is C29H47F3O5. The molecule has 0 saturated heterocycles. The largest absolute Gasteiger partial charge is 0.409 e. The molecule has 0 aromatic heterocycles. The van der Waals surface area contributed by atoms with Crippen molar-refractivity contribution in [1.82, 2.24) is 0 Å². The number of hydrogen-bond acceptors (Lipinski definition) is 5. The first-order chi connectivity index (χ1) is 17.4. The van der Waals surface area contributed by atoms with Crippen LogP contribution in [0.5, 0.6) is 0 Å². The van der Waals surface area contributed by atoms with Gasteiger partial charge in [0.05, 0.1) is 18.3 Å². The number of aliphatic hydroxyl groups is 1. The van der Waals surface area contributed by atoms with E-state index in [0.717, 1.165) is 57.4 Å². The summed E-state index contributed by atoms with van der Waals surface area (Å²) in [5.74, 6) is 1.99. The summed E-state index contributed by atoms with van der Waals surface area (Å²) in [5.41, 5.74) is 0.176. The minimum absolute atomic E-state index is 0.0153. The van der Waals surface area contributed by atoms with Crippen LogP contribution >= 0.6 is 0 Å². The van der Waals surface area contributed by atoms with Gasteiger partial charge in [-0.15, -0.1) is 0 Å². The Morgan fingerprint density at radius 3 is 2.22 bits per heavy atom. The molecule has 0 amide bonds. The second kappa shape index (κ2) is 11.4. The van der Waals surface area contributed by atoms with Crippen LogP contribution in [-0.2, 0) is 18.9 Å². The SMILES string of the molecule is COCO[C@@H]1CC[C@]2(C)[C@H]3CC[C@]4(C)[C@@H]([C@H](C)[C@H](O)/C=C/C(F)(F)F)CC[C@H]4[C@@H]3C[C@H](OCOC)[C@@H]2C1. The second-order valence-electron chi connectivity index (χ2n) is 12.8. The summed E-state index contributed by atoms with van der Waals surface area (Å²) in [5, 5.41) is 10.7. The van der Waals surface area contributed by atoms with Crippen LogP contribution in [0, 0.1) is 46.3 Å². The lowest BCUT2D eigenvalue weighted by atomic mass is 9.43. The number of allylic oxidation sites excluding steroid dienone is 1. The summed E-state index contributed by atoms with van der Waals surface area (Å²) in [6.45, 7) is 7.33. The van der Waals surface area contributed by atoms with Gasteiger partial charge in [0.2, 0.25) is 0 Å². The van der Waals surface area contributed by atoms with Gasteiger partial charge in [0.15, 0.2) is 0 Å². The first kappa shape index (κ1) is 29.3. The van der Waals surface area contributed by atoms with E-state index in [2.05, 4.69) is 13.8 Å². The molecule has 4 aliphatic rings. The summed E-state index contributed by atoms with van der Waals surface area (Å²) in [6.07, 6.45) is 4.22. The molecule has 214 valence electrons. The number of halogens is 3. The lowest BCUT2D eigenvalue weighted by molar-refractivity contribution is -0.214. The maximum absolute atomic E-state index is 12.7. The highest BCUT2D eigenvalue weighted by Crippen LogP contribution is 2.68. The van der Waals surface area contributed by atoms with Crippen molar-refractivity contribution in [1.29, 1.82) is 0 Å². The Labute approximate surface area is 220 Å². The van der Waals surface area contributed by atoms with Crippen LogP contribution in [0.2, 0.25) is 0 Å². The van der Waals surface area contributed by atoms with Crippen LogP contribution in [-0.4, -0.2) is 57.4 Å². The van der Waals surface area contributed by atoms with Crippen LogP contribution < -0.4 is 0 Å². The highest BCUT2D eigenvalue weighted by atomic mass is 19.4. The third-order valence-corrected chi connectivity index (χ3v) is 11.2. The Bertz CT molecular complexity index is 790. The Kier molecular flexibility index (Phi) is 9.06. The van der Waals surface area contributed by atoms with E-state index in [1.807, 2.05) is 6.92 Å². The molecule has 4 fully saturated rings. The number of alkyl halides is 3. The van der Waals surface area contributed by atoms with Gasteiger partial charge in [0.25, 0.3) is 0 Å². The predicted octanol–water partition coefficient (Wildman–Crippen LogP) is 6.35. The van der Waals surface area contributed by atoms with Gasteiger partial charge in [0.1, 0.15) is 13.6 Å².